The quantitative estimate of drug-likeness (QED) is 0.468. The molecule has 0 aromatic heterocycles. The van der Waals surface area contributed by atoms with Gasteiger partial charge in [-0.1, -0.05) is 55.5 Å². The number of hydrogen-bond acceptors (Lipinski definition) is 4. The van der Waals surface area contributed by atoms with Gasteiger partial charge in [0.05, 0.1) is 11.3 Å². The molecule has 0 saturated heterocycles. The molecule has 35 heavy (non-hydrogen) atoms. The molecular formula is C28H32N2O5. The van der Waals surface area contributed by atoms with Crippen LogP contribution in [0.25, 0.3) is 11.1 Å². The molecule has 3 aliphatic rings. The predicted octanol–water partition coefficient (Wildman–Crippen LogP) is 4.31. The SMILES string of the molecule is CC(CCCNC(=O)C12CC(NC(=O)OCC3c4ccccc4-c4ccccc43)CC1C2)C(=O)O. The van der Waals surface area contributed by atoms with E-state index in [0.717, 1.165) is 12.8 Å². The maximum absolute atomic E-state index is 12.8. The van der Waals surface area contributed by atoms with E-state index in [-0.39, 0.29) is 29.9 Å². The fourth-order valence-electron chi connectivity index (χ4n) is 6.00. The van der Waals surface area contributed by atoms with Crippen LogP contribution >= 0.6 is 0 Å². The van der Waals surface area contributed by atoms with Crippen LogP contribution in [0.4, 0.5) is 4.79 Å². The molecule has 0 spiro atoms. The Morgan fingerprint density at radius 2 is 1.71 bits per heavy atom. The summed E-state index contributed by atoms with van der Waals surface area (Å²) in [5.74, 6) is -0.876. The monoisotopic (exact) mass is 476 g/mol. The zero-order valence-electron chi connectivity index (χ0n) is 20.0. The second-order valence-corrected chi connectivity index (χ2v) is 10.3. The second-order valence-electron chi connectivity index (χ2n) is 10.3. The van der Waals surface area contributed by atoms with Crippen molar-refractivity contribution in [2.45, 2.75) is 51.0 Å². The lowest BCUT2D eigenvalue weighted by molar-refractivity contribution is -0.141. The molecule has 4 unspecified atom stereocenters. The summed E-state index contributed by atoms with van der Waals surface area (Å²) in [4.78, 5) is 36.3. The van der Waals surface area contributed by atoms with Crippen LogP contribution in [0, 0.1) is 17.3 Å². The van der Waals surface area contributed by atoms with Crippen molar-refractivity contribution in [2.24, 2.45) is 17.3 Å². The highest BCUT2D eigenvalue weighted by Crippen LogP contribution is 2.63. The Bertz CT molecular complexity index is 1100. The van der Waals surface area contributed by atoms with Crippen molar-refractivity contribution >= 4 is 18.0 Å². The normalized spacial score (nSPS) is 24.6. The van der Waals surface area contributed by atoms with E-state index in [2.05, 4.69) is 34.9 Å². The van der Waals surface area contributed by atoms with Crippen LogP contribution < -0.4 is 10.6 Å². The molecule has 2 saturated carbocycles. The number of alkyl carbamates (subject to hydrolysis) is 1. The molecule has 2 fully saturated rings. The minimum absolute atomic E-state index is 0.0195. The molecule has 3 aliphatic carbocycles. The first-order chi connectivity index (χ1) is 16.9. The largest absolute Gasteiger partial charge is 0.481 e. The summed E-state index contributed by atoms with van der Waals surface area (Å²) in [5, 5.41) is 14.9. The number of carboxylic acid groups (broad SMARTS) is 1. The molecule has 184 valence electrons. The fourth-order valence-corrected chi connectivity index (χ4v) is 6.00. The summed E-state index contributed by atoms with van der Waals surface area (Å²) in [6, 6.07) is 16.4. The van der Waals surface area contributed by atoms with Crippen molar-refractivity contribution in [1.29, 1.82) is 0 Å². The van der Waals surface area contributed by atoms with E-state index in [4.69, 9.17) is 9.84 Å². The van der Waals surface area contributed by atoms with E-state index in [1.165, 1.54) is 22.3 Å². The number of aliphatic carboxylic acids is 1. The van der Waals surface area contributed by atoms with Gasteiger partial charge in [-0.2, -0.15) is 0 Å². The van der Waals surface area contributed by atoms with Crippen LogP contribution in [-0.4, -0.2) is 42.3 Å². The number of amides is 2. The summed E-state index contributed by atoms with van der Waals surface area (Å²) in [7, 11) is 0. The zero-order valence-corrected chi connectivity index (χ0v) is 20.0. The smallest absolute Gasteiger partial charge is 0.407 e. The third-order valence-electron chi connectivity index (χ3n) is 8.05. The number of hydrogen-bond donors (Lipinski definition) is 3. The Balaban J connectivity index is 1.10. The highest BCUT2D eigenvalue weighted by atomic mass is 16.5. The molecule has 2 aromatic carbocycles. The van der Waals surface area contributed by atoms with E-state index in [0.29, 0.717) is 31.7 Å². The number of benzene rings is 2. The number of carbonyl (C=O) groups is 3. The van der Waals surface area contributed by atoms with Gasteiger partial charge in [-0.25, -0.2) is 4.79 Å². The predicted molar refractivity (Wildman–Crippen MR) is 131 cm³/mol. The van der Waals surface area contributed by atoms with Gasteiger partial charge < -0.3 is 20.5 Å². The van der Waals surface area contributed by atoms with Crippen LogP contribution in [0.5, 0.6) is 0 Å². The number of carboxylic acids is 1. The number of rotatable bonds is 9. The van der Waals surface area contributed by atoms with Crippen molar-refractivity contribution in [2.75, 3.05) is 13.2 Å². The molecule has 2 amide bonds. The van der Waals surface area contributed by atoms with Crippen molar-refractivity contribution in [3.05, 3.63) is 59.7 Å². The third-order valence-corrected chi connectivity index (χ3v) is 8.05. The number of nitrogens with one attached hydrogen (secondary N) is 2. The molecule has 3 N–H and O–H groups in total. The maximum Gasteiger partial charge on any atom is 0.407 e. The van der Waals surface area contributed by atoms with Crippen molar-refractivity contribution < 1.29 is 24.2 Å². The summed E-state index contributed by atoms with van der Waals surface area (Å²) < 4.78 is 5.67. The van der Waals surface area contributed by atoms with Crippen LogP contribution in [-0.2, 0) is 14.3 Å². The Kier molecular flexibility index (Phi) is 6.26. The molecule has 0 aliphatic heterocycles. The van der Waals surface area contributed by atoms with Gasteiger partial charge in [-0.05, 0) is 60.3 Å². The number of ether oxygens (including phenoxy) is 1. The standard InChI is InChI=1S/C28H32N2O5/c1-17(25(31)32)7-6-12-29-26(33)28-14-18(28)13-19(15-28)30-27(34)35-16-24-22-10-4-2-8-20(22)21-9-3-5-11-23(21)24/h2-5,8-11,17-19,24H,6-7,12-16H2,1H3,(H,29,33)(H,30,34)(H,31,32). The van der Waals surface area contributed by atoms with Gasteiger partial charge in [-0.3, -0.25) is 9.59 Å². The molecule has 0 radical (unpaired) electrons. The van der Waals surface area contributed by atoms with E-state index in [1.54, 1.807) is 6.92 Å². The minimum Gasteiger partial charge on any atom is -0.481 e. The molecule has 2 aromatic rings. The van der Waals surface area contributed by atoms with Crippen LogP contribution in [0.15, 0.2) is 48.5 Å². The summed E-state index contributed by atoms with van der Waals surface area (Å²) in [5.41, 5.74) is 4.35. The first-order valence-electron chi connectivity index (χ1n) is 12.5. The Morgan fingerprint density at radius 1 is 1.06 bits per heavy atom. The first kappa shape index (κ1) is 23.4. The lowest BCUT2D eigenvalue weighted by Gasteiger charge is -2.19. The molecule has 0 heterocycles. The molecule has 0 bridgehead atoms. The Morgan fingerprint density at radius 3 is 2.37 bits per heavy atom. The van der Waals surface area contributed by atoms with Gasteiger partial charge in [0, 0.05) is 18.5 Å². The maximum atomic E-state index is 12.8. The van der Waals surface area contributed by atoms with Gasteiger partial charge >= 0.3 is 12.1 Å². The average Bonchev–Trinajstić information content (AvgIpc) is 3.28. The van der Waals surface area contributed by atoms with Crippen molar-refractivity contribution in [1.82, 2.24) is 10.6 Å². The molecule has 4 atom stereocenters. The molecule has 7 heteroatoms. The van der Waals surface area contributed by atoms with E-state index in [9.17, 15) is 14.4 Å². The van der Waals surface area contributed by atoms with Crippen molar-refractivity contribution in [3.63, 3.8) is 0 Å². The third kappa shape index (κ3) is 4.51. The topological polar surface area (TPSA) is 105 Å². The molecule has 7 nitrogen and oxygen atoms in total. The number of carbonyl (C=O) groups excluding carboxylic acids is 2. The van der Waals surface area contributed by atoms with Crippen LogP contribution in [0.1, 0.15) is 56.1 Å². The summed E-state index contributed by atoms with van der Waals surface area (Å²) in [6.07, 6.45) is 3.01. The molecular weight excluding hydrogens is 444 g/mol. The van der Waals surface area contributed by atoms with E-state index < -0.39 is 18.0 Å². The van der Waals surface area contributed by atoms with Gasteiger partial charge in [-0.15, -0.1) is 0 Å². The second kappa shape index (κ2) is 9.36. The Hall–Kier alpha value is -3.35. The first-order valence-corrected chi connectivity index (χ1v) is 12.5. The Labute approximate surface area is 205 Å². The summed E-state index contributed by atoms with van der Waals surface area (Å²) in [6.45, 7) is 2.43. The minimum atomic E-state index is -0.810. The van der Waals surface area contributed by atoms with E-state index in [1.807, 2.05) is 24.3 Å². The lowest BCUT2D eigenvalue weighted by Crippen LogP contribution is -2.38. The molecule has 5 rings (SSSR count). The average molecular weight is 477 g/mol. The zero-order chi connectivity index (χ0) is 24.6. The highest BCUT2D eigenvalue weighted by molar-refractivity contribution is 5.87. The number of fused-ring (bicyclic) bond motifs is 4. The summed E-state index contributed by atoms with van der Waals surface area (Å²) >= 11 is 0. The van der Waals surface area contributed by atoms with Crippen LogP contribution in [0.2, 0.25) is 0 Å². The van der Waals surface area contributed by atoms with Gasteiger partial charge in [0.25, 0.3) is 0 Å². The van der Waals surface area contributed by atoms with Crippen molar-refractivity contribution in [3.8, 4) is 11.1 Å². The fraction of sp³-hybridized carbons (Fsp3) is 0.464. The van der Waals surface area contributed by atoms with E-state index >= 15 is 0 Å². The van der Waals surface area contributed by atoms with Crippen LogP contribution in [0.3, 0.4) is 0 Å². The van der Waals surface area contributed by atoms with Gasteiger partial charge in [0.15, 0.2) is 0 Å². The highest BCUT2D eigenvalue weighted by Gasteiger charge is 2.65. The van der Waals surface area contributed by atoms with Gasteiger partial charge in [0.1, 0.15) is 6.61 Å². The van der Waals surface area contributed by atoms with Gasteiger partial charge in [0.2, 0.25) is 5.91 Å². The lowest BCUT2D eigenvalue weighted by atomic mass is 9.98.